The molecule has 0 radical (unpaired) electrons. The van der Waals surface area contributed by atoms with Crippen LogP contribution in [0.3, 0.4) is 0 Å². The molecule has 0 heterocycles. The van der Waals surface area contributed by atoms with Crippen LogP contribution in [0.2, 0.25) is 0 Å². The van der Waals surface area contributed by atoms with Crippen LogP contribution in [0.25, 0.3) is 0 Å². The van der Waals surface area contributed by atoms with Crippen LogP contribution in [0.4, 0.5) is 0 Å². The average molecular weight is 203 g/mol. The van der Waals surface area contributed by atoms with Crippen LogP contribution in [-0.2, 0) is 4.57 Å². The van der Waals surface area contributed by atoms with E-state index in [-0.39, 0.29) is 59.1 Å². The minimum Gasteiger partial charge on any atom is -0.598 e. The van der Waals surface area contributed by atoms with Gasteiger partial charge < -0.3 is 9.79 Å². The van der Waals surface area contributed by atoms with Crippen LogP contribution in [-0.4, -0.2) is 0 Å². The van der Waals surface area contributed by atoms with Crippen molar-refractivity contribution in [2.24, 2.45) is 0 Å². The molecule has 0 aliphatic rings. The van der Waals surface area contributed by atoms with Gasteiger partial charge in [-0.15, -0.1) is 0 Å². The SMILES string of the molecule is O=[P+]([O-])[O-].[Na+].[Na+].c1ccccc1. The Kier molecular flexibility index (Phi) is 23.2. The minimum atomic E-state index is -3.37. The molecule has 0 bridgehead atoms. The van der Waals surface area contributed by atoms with Crippen molar-refractivity contribution in [1.29, 1.82) is 0 Å². The van der Waals surface area contributed by atoms with Crippen LogP contribution < -0.4 is 68.9 Å². The summed E-state index contributed by atoms with van der Waals surface area (Å²) in [5.74, 6) is 0. The maximum atomic E-state index is 8.48. The number of benzene rings is 1. The predicted molar refractivity (Wildman–Crippen MR) is 34.0 cm³/mol. The molecule has 0 aliphatic carbocycles. The van der Waals surface area contributed by atoms with E-state index in [1.54, 1.807) is 0 Å². The largest absolute Gasteiger partial charge is 1.00 e. The summed E-state index contributed by atoms with van der Waals surface area (Å²) >= 11 is 0. The molecule has 0 fully saturated rings. The first-order chi connectivity index (χ1) is 4.73. The van der Waals surface area contributed by atoms with E-state index in [9.17, 15) is 0 Å². The van der Waals surface area contributed by atoms with Gasteiger partial charge in [-0.1, -0.05) is 41.0 Å². The van der Waals surface area contributed by atoms with Gasteiger partial charge in [0, 0.05) is 0 Å². The molecule has 0 amide bonds. The van der Waals surface area contributed by atoms with E-state index < -0.39 is 8.25 Å². The van der Waals surface area contributed by atoms with Crippen LogP contribution in [0.5, 0.6) is 0 Å². The molecule has 0 N–H and O–H groups in total. The summed E-state index contributed by atoms with van der Waals surface area (Å²) in [6.45, 7) is 0. The summed E-state index contributed by atoms with van der Waals surface area (Å²) in [5.41, 5.74) is 0. The molecule has 12 heavy (non-hydrogen) atoms. The summed E-state index contributed by atoms with van der Waals surface area (Å²) in [6.07, 6.45) is 0. The van der Waals surface area contributed by atoms with Gasteiger partial charge in [0.15, 0.2) is 0 Å². The first kappa shape index (κ1) is 18.9. The van der Waals surface area contributed by atoms with E-state index in [2.05, 4.69) is 0 Å². The fourth-order valence-corrected chi connectivity index (χ4v) is 0.385. The quantitative estimate of drug-likeness (QED) is 0.311. The maximum Gasteiger partial charge on any atom is 1.00 e. The Morgan fingerprint density at radius 3 is 0.917 bits per heavy atom. The fraction of sp³-hybridized carbons (Fsp3) is 0. The van der Waals surface area contributed by atoms with Crippen LogP contribution in [0.15, 0.2) is 36.4 Å². The first-order valence-corrected chi connectivity index (χ1v) is 3.64. The summed E-state index contributed by atoms with van der Waals surface area (Å²) in [7, 11) is -3.37. The molecule has 0 atom stereocenters. The molecule has 1 rings (SSSR count). The van der Waals surface area contributed by atoms with E-state index >= 15 is 0 Å². The Hall–Kier alpha value is 1.24. The van der Waals surface area contributed by atoms with Crippen molar-refractivity contribution >= 4 is 8.25 Å². The van der Waals surface area contributed by atoms with Gasteiger partial charge in [0.05, 0.1) is 0 Å². The van der Waals surface area contributed by atoms with Gasteiger partial charge >= 0.3 is 59.1 Å². The van der Waals surface area contributed by atoms with E-state index in [0.717, 1.165) is 0 Å². The molecule has 0 aliphatic heterocycles. The Balaban J connectivity index is -0.000000124. The third-order valence-corrected chi connectivity index (χ3v) is 0.667. The van der Waals surface area contributed by atoms with Crippen molar-refractivity contribution in [2.45, 2.75) is 0 Å². The second-order valence-corrected chi connectivity index (χ2v) is 1.83. The van der Waals surface area contributed by atoms with Crippen LogP contribution >= 0.6 is 8.25 Å². The van der Waals surface area contributed by atoms with Crippen LogP contribution in [0, 0.1) is 0 Å². The number of hydrogen-bond donors (Lipinski definition) is 0. The topological polar surface area (TPSA) is 63.2 Å². The van der Waals surface area contributed by atoms with E-state index in [1.165, 1.54) is 0 Å². The fourth-order valence-electron chi connectivity index (χ4n) is 0.385. The molecular formula is C6H6Na2O3P+. The van der Waals surface area contributed by atoms with Crippen molar-refractivity contribution in [3.63, 3.8) is 0 Å². The molecular weight excluding hydrogens is 197 g/mol. The molecule has 3 nitrogen and oxygen atoms in total. The van der Waals surface area contributed by atoms with Gasteiger partial charge in [0.25, 0.3) is 8.25 Å². The second-order valence-electron chi connectivity index (χ2n) is 1.38. The van der Waals surface area contributed by atoms with Gasteiger partial charge in [0.2, 0.25) is 0 Å². The summed E-state index contributed by atoms with van der Waals surface area (Å²) < 4.78 is 8.48. The Labute approximate surface area is 117 Å². The molecule has 6 heteroatoms. The van der Waals surface area contributed by atoms with Crippen molar-refractivity contribution in [3.8, 4) is 0 Å². The normalized spacial score (nSPS) is 6.17. The van der Waals surface area contributed by atoms with Crippen molar-refractivity contribution in [2.75, 3.05) is 0 Å². The Morgan fingerprint density at radius 2 is 0.833 bits per heavy atom. The number of rotatable bonds is 0. The number of hydrogen-bond acceptors (Lipinski definition) is 3. The van der Waals surface area contributed by atoms with Gasteiger partial charge in [0.1, 0.15) is 0 Å². The monoisotopic (exact) mass is 203 g/mol. The summed E-state index contributed by atoms with van der Waals surface area (Å²) in [4.78, 5) is 17.0. The van der Waals surface area contributed by atoms with E-state index in [0.29, 0.717) is 0 Å². The Morgan fingerprint density at radius 1 is 0.750 bits per heavy atom. The maximum absolute atomic E-state index is 8.48. The molecule has 0 unspecified atom stereocenters. The average Bonchev–Trinajstić information content (AvgIpc) is 1.90. The van der Waals surface area contributed by atoms with Gasteiger partial charge in [-0.05, 0) is 0 Å². The second kappa shape index (κ2) is 14.7. The summed E-state index contributed by atoms with van der Waals surface area (Å²) in [5, 5.41) is 0. The zero-order valence-electron chi connectivity index (χ0n) is 7.14. The zero-order chi connectivity index (χ0) is 7.82. The summed E-state index contributed by atoms with van der Waals surface area (Å²) in [6, 6.07) is 12.0. The molecule has 0 aromatic heterocycles. The molecule has 1 aromatic rings. The van der Waals surface area contributed by atoms with Crippen LogP contribution in [0.1, 0.15) is 0 Å². The third-order valence-electron chi connectivity index (χ3n) is 0.667. The van der Waals surface area contributed by atoms with Gasteiger partial charge in [-0.2, -0.15) is 0 Å². The zero-order valence-corrected chi connectivity index (χ0v) is 12.0. The van der Waals surface area contributed by atoms with Gasteiger partial charge in [-0.25, -0.2) is 0 Å². The van der Waals surface area contributed by atoms with Crippen molar-refractivity contribution in [3.05, 3.63) is 36.4 Å². The molecule has 54 valence electrons. The van der Waals surface area contributed by atoms with Crippen molar-refractivity contribution < 1.29 is 73.5 Å². The third kappa shape index (κ3) is 22.5. The predicted octanol–water partition coefficient (Wildman–Crippen LogP) is -5.94. The molecule has 0 saturated heterocycles. The molecule has 1 aromatic carbocycles. The first-order valence-electron chi connectivity index (χ1n) is 2.55. The molecule has 0 saturated carbocycles. The van der Waals surface area contributed by atoms with Gasteiger partial charge in [-0.3, -0.25) is 0 Å². The smallest absolute Gasteiger partial charge is 0.598 e. The van der Waals surface area contributed by atoms with E-state index in [4.69, 9.17) is 14.4 Å². The Bertz CT molecular complexity index is 153. The standard InChI is InChI=1S/C6H6.2Na.HO3P/c1-2-4-6-5-3-1;;;1-4(2)3/h1-6H;;;(H,1,2,3)/q;2*+1;/p-1. The van der Waals surface area contributed by atoms with E-state index in [1.807, 2.05) is 36.4 Å². The minimum absolute atomic E-state index is 0. The molecule has 0 spiro atoms. The van der Waals surface area contributed by atoms with Crippen molar-refractivity contribution in [1.82, 2.24) is 0 Å².